The van der Waals surface area contributed by atoms with Crippen LogP contribution in [0.1, 0.15) is 40.7 Å². The maximum absolute atomic E-state index is 13.2. The Hall–Kier alpha value is -2.46. The summed E-state index contributed by atoms with van der Waals surface area (Å²) in [6.45, 7) is 2.95. The van der Waals surface area contributed by atoms with Crippen LogP contribution in [0.3, 0.4) is 0 Å². The van der Waals surface area contributed by atoms with E-state index in [1.807, 2.05) is 0 Å². The van der Waals surface area contributed by atoms with Crippen molar-refractivity contribution in [2.45, 2.75) is 25.8 Å². The van der Waals surface area contributed by atoms with E-state index in [0.717, 1.165) is 25.2 Å². The standard InChI is InChI=1S/C21H22FNO2/c22-19-6-4-5-16(13-19)7-9-20(24)17-8-10-21(25)18(14-17)15-23-11-2-1-3-12-23/h4-10,13-14,25H,1-3,11-12,15H2/p+1/b9-7+. The molecule has 130 valence electrons. The molecule has 0 aliphatic carbocycles. The quantitative estimate of drug-likeness (QED) is 0.649. The molecule has 0 spiro atoms. The first-order valence-electron chi connectivity index (χ1n) is 8.75. The number of rotatable bonds is 5. The molecule has 1 aliphatic heterocycles. The van der Waals surface area contributed by atoms with E-state index < -0.39 is 0 Å². The highest BCUT2D eigenvalue weighted by atomic mass is 19.1. The summed E-state index contributed by atoms with van der Waals surface area (Å²) < 4.78 is 13.2. The number of nitrogens with one attached hydrogen (secondary N) is 1. The third kappa shape index (κ3) is 4.77. The van der Waals surface area contributed by atoms with Crippen LogP contribution >= 0.6 is 0 Å². The summed E-state index contributed by atoms with van der Waals surface area (Å²) >= 11 is 0. The Morgan fingerprint density at radius 2 is 1.92 bits per heavy atom. The summed E-state index contributed by atoms with van der Waals surface area (Å²) in [5.74, 6) is -0.242. The number of ketones is 1. The van der Waals surface area contributed by atoms with E-state index in [0.29, 0.717) is 11.1 Å². The average Bonchev–Trinajstić information content (AvgIpc) is 2.62. The molecule has 0 radical (unpaired) electrons. The fourth-order valence-corrected chi connectivity index (χ4v) is 3.26. The van der Waals surface area contributed by atoms with E-state index in [4.69, 9.17) is 0 Å². The normalized spacial score (nSPS) is 15.6. The Morgan fingerprint density at radius 3 is 2.68 bits per heavy atom. The van der Waals surface area contributed by atoms with Gasteiger partial charge in [-0.3, -0.25) is 4.79 Å². The SMILES string of the molecule is O=C(/C=C/c1cccc(F)c1)c1ccc(O)c(C[NH+]2CCCCC2)c1. The van der Waals surface area contributed by atoms with Crippen LogP contribution in [0, 0.1) is 5.82 Å². The lowest BCUT2D eigenvalue weighted by molar-refractivity contribution is -0.918. The van der Waals surface area contributed by atoms with Gasteiger partial charge in [-0.05, 0) is 61.2 Å². The third-order valence-electron chi connectivity index (χ3n) is 4.64. The van der Waals surface area contributed by atoms with Crippen molar-refractivity contribution in [2.75, 3.05) is 13.1 Å². The van der Waals surface area contributed by atoms with Crippen LogP contribution < -0.4 is 4.90 Å². The monoisotopic (exact) mass is 340 g/mol. The highest BCUT2D eigenvalue weighted by Crippen LogP contribution is 2.19. The summed E-state index contributed by atoms with van der Waals surface area (Å²) in [7, 11) is 0. The van der Waals surface area contributed by atoms with Crippen LogP contribution in [-0.4, -0.2) is 24.0 Å². The molecular weight excluding hydrogens is 317 g/mol. The fraction of sp³-hybridized carbons (Fsp3) is 0.286. The molecule has 0 aromatic heterocycles. The number of hydrogen-bond donors (Lipinski definition) is 2. The highest BCUT2D eigenvalue weighted by Gasteiger charge is 2.17. The minimum atomic E-state index is -0.328. The number of carbonyl (C=O) groups excluding carboxylic acids is 1. The van der Waals surface area contributed by atoms with Crippen LogP contribution in [0.25, 0.3) is 6.08 Å². The van der Waals surface area contributed by atoms with Gasteiger partial charge in [0.1, 0.15) is 18.1 Å². The number of halogens is 1. The predicted molar refractivity (Wildman–Crippen MR) is 96.1 cm³/mol. The summed E-state index contributed by atoms with van der Waals surface area (Å²) in [4.78, 5) is 13.8. The Labute approximate surface area is 147 Å². The first kappa shape index (κ1) is 17.4. The molecule has 0 atom stereocenters. The van der Waals surface area contributed by atoms with Gasteiger partial charge in [-0.25, -0.2) is 4.39 Å². The molecule has 25 heavy (non-hydrogen) atoms. The molecule has 0 unspecified atom stereocenters. The van der Waals surface area contributed by atoms with Gasteiger partial charge in [-0.15, -0.1) is 0 Å². The van der Waals surface area contributed by atoms with Crippen LogP contribution in [-0.2, 0) is 6.54 Å². The third-order valence-corrected chi connectivity index (χ3v) is 4.64. The van der Waals surface area contributed by atoms with Gasteiger partial charge in [0.05, 0.1) is 13.1 Å². The van der Waals surface area contributed by atoms with Crippen molar-refractivity contribution in [2.24, 2.45) is 0 Å². The van der Waals surface area contributed by atoms with Gasteiger partial charge in [0.2, 0.25) is 0 Å². The van der Waals surface area contributed by atoms with E-state index in [9.17, 15) is 14.3 Å². The lowest BCUT2D eigenvalue weighted by Gasteiger charge is -2.23. The minimum Gasteiger partial charge on any atom is -0.507 e. The maximum Gasteiger partial charge on any atom is 0.185 e. The van der Waals surface area contributed by atoms with Gasteiger partial charge >= 0.3 is 0 Å². The lowest BCUT2D eigenvalue weighted by atomic mass is 10.0. The van der Waals surface area contributed by atoms with Gasteiger partial charge in [0, 0.05) is 11.1 Å². The first-order valence-corrected chi connectivity index (χ1v) is 8.75. The largest absolute Gasteiger partial charge is 0.507 e. The molecule has 1 aliphatic rings. The molecule has 2 aromatic rings. The number of phenols is 1. The van der Waals surface area contributed by atoms with Crippen LogP contribution in [0.15, 0.2) is 48.5 Å². The molecule has 0 saturated carbocycles. The maximum atomic E-state index is 13.2. The van der Waals surface area contributed by atoms with Gasteiger partial charge in [-0.2, -0.15) is 0 Å². The lowest BCUT2D eigenvalue weighted by Crippen LogP contribution is -3.11. The van der Waals surface area contributed by atoms with Gasteiger partial charge in [-0.1, -0.05) is 18.2 Å². The second kappa shape index (κ2) is 8.08. The van der Waals surface area contributed by atoms with E-state index >= 15 is 0 Å². The molecule has 4 heteroatoms. The Balaban J connectivity index is 1.73. The van der Waals surface area contributed by atoms with Crippen molar-refractivity contribution in [1.82, 2.24) is 0 Å². The van der Waals surface area contributed by atoms with Crippen molar-refractivity contribution < 1.29 is 19.2 Å². The van der Waals surface area contributed by atoms with Crippen LogP contribution in [0.5, 0.6) is 5.75 Å². The number of aromatic hydroxyl groups is 1. The number of likely N-dealkylation sites (tertiary alicyclic amines) is 1. The van der Waals surface area contributed by atoms with E-state index in [1.54, 1.807) is 36.4 Å². The van der Waals surface area contributed by atoms with Crippen molar-refractivity contribution in [3.8, 4) is 5.75 Å². The summed E-state index contributed by atoms with van der Waals surface area (Å²) in [6, 6.07) is 11.1. The molecule has 2 aromatic carbocycles. The summed E-state index contributed by atoms with van der Waals surface area (Å²) in [6.07, 6.45) is 6.75. The summed E-state index contributed by atoms with van der Waals surface area (Å²) in [5.41, 5.74) is 1.99. The zero-order chi connectivity index (χ0) is 17.6. The number of piperidine rings is 1. The van der Waals surface area contributed by atoms with Crippen molar-refractivity contribution in [3.63, 3.8) is 0 Å². The number of allylic oxidation sites excluding steroid dienone is 1. The highest BCUT2D eigenvalue weighted by molar-refractivity contribution is 6.07. The second-order valence-corrected chi connectivity index (χ2v) is 6.58. The first-order chi connectivity index (χ1) is 12.1. The Bertz CT molecular complexity index is 779. The van der Waals surface area contributed by atoms with E-state index in [1.165, 1.54) is 42.4 Å². The number of benzene rings is 2. The molecule has 1 saturated heterocycles. The molecule has 3 nitrogen and oxygen atoms in total. The molecule has 0 amide bonds. The topological polar surface area (TPSA) is 41.7 Å². The molecule has 1 heterocycles. The minimum absolute atomic E-state index is 0.154. The molecule has 1 fully saturated rings. The van der Waals surface area contributed by atoms with E-state index in [-0.39, 0.29) is 17.3 Å². The fourth-order valence-electron chi connectivity index (χ4n) is 3.26. The number of carbonyl (C=O) groups is 1. The summed E-state index contributed by atoms with van der Waals surface area (Å²) in [5, 5.41) is 10.1. The smallest absolute Gasteiger partial charge is 0.185 e. The molecule has 2 N–H and O–H groups in total. The Kier molecular flexibility index (Phi) is 5.61. The van der Waals surface area contributed by atoms with Crippen molar-refractivity contribution >= 4 is 11.9 Å². The van der Waals surface area contributed by atoms with Gasteiger partial charge in [0.15, 0.2) is 5.78 Å². The number of phenolic OH excluding ortho intramolecular Hbond substituents is 1. The van der Waals surface area contributed by atoms with Crippen LogP contribution in [0.4, 0.5) is 4.39 Å². The zero-order valence-corrected chi connectivity index (χ0v) is 14.2. The van der Waals surface area contributed by atoms with Crippen molar-refractivity contribution in [1.29, 1.82) is 0 Å². The Morgan fingerprint density at radius 1 is 1.12 bits per heavy atom. The van der Waals surface area contributed by atoms with Gasteiger partial charge < -0.3 is 10.0 Å². The molecule has 0 bridgehead atoms. The predicted octanol–water partition coefficient (Wildman–Crippen LogP) is 3.00. The second-order valence-electron chi connectivity index (χ2n) is 6.58. The number of hydrogen-bond acceptors (Lipinski definition) is 2. The van der Waals surface area contributed by atoms with E-state index in [2.05, 4.69) is 0 Å². The van der Waals surface area contributed by atoms with Crippen LogP contribution in [0.2, 0.25) is 0 Å². The van der Waals surface area contributed by atoms with Gasteiger partial charge in [0.25, 0.3) is 0 Å². The zero-order valence-electron chi connectivity index (χ0n) is 14.2. The molecule has 3 rings (SSSR count). The average molecular weight is 340 g/mol. The van der Waals surface area contributed by atoms with Crippen molar-refractivity contribution in [3.05, 3.63) is 71.0 Å². The molecular formula is C21H23FNO2+. The number of quaternary nitrogens is 1.